The van der Waals surface area contributed by atoms with Gasteiger partial charge in [0, 0.05) is 17.0 Å². The molecule has 3 aromatic rings. The predicted molar refractivity (Wildman–Crippen MR) is 101 cm³/mol. The van der Waals surface area contributed by atoms with Gasteiger partial charge in [0.2, 0.25) is 0 Å². The number of hydrogen-bond donors (Lipinski definition) is 1. The first kappa shape index (κ1) is 17.5. The first-order chi connectivity index (χ1) is 13.0. The third-order valence-electron chi connectivity index (χ3n) is 4.60. The highest BCUT2D eigenvalue weighted by Crippen LogP contribution is 2.25. The molecule has 0 saturated heterocycles. The molecule has 2 aromatic heterocycles. The number of carbonyl (C=O) groups excluding carboxylic acids is 1. The molecule has 27 heavy (non-hydrogen) atoms. The molecule has 138 valence electrons. The summed E-state index contributed by atoms with van der Waals surface area (Å²) in [5, 5.41) is 9.30. The average Bonchev–Trinajstić information content (AvgIpc) is 3.30. The number of halogens is 1. The molecular formula is C19H17FN4O2S. The van der Waals surface area contributed by atoms with Crippen LogP contribution < -0.4 is 10.9 Å². The van der Waals surface area contributed by atoms with Gasteiger partial charge in [-0.15, -0.1) is 11.3 Å². The van der Waals surface area contributed by atoms with Crippen LogP contribution in [0.4, 0.5) is 9.52 Å². The van der Waals surface area contributed by atoms with Crippen LogP contribution >= 0.6 is 11.3 Å². The van der Waals surface area contributed by atoms with Crippen LogP contribution in [0.25, 0.3) is 11.3 Å². The summed E-state index contributed by atoms with van der Waals surface area (Å²) < 4.78 is 14.3. The van der Waals surface area contributed by atoms with Crippen molar-refractivity contribution in [1.82, 2.24) is 14.8 Å². The van der Waals surface area contributed by atoms with Crippen LogP contribution in [-0.4, -0.2) is 20.7 Å². The maximum absolute atomic E-state index is 13.0. The van der Waals surface area contributed by atoms with E-state index < -0.39 is 6.04 Å². The first-order valence-electron chi connectivity index (χ1n) is 8.65. The van der Waals surface area contributed by atoms with Crippen molar-refractivity contribution in [3.63, 3.8) is 0 Å². The van der Waals surface area contributed by atoms with Gasteiger partial charge >= 0.3 is 0 Å². The minimum Gasteiger partial charge on any atom is -0.300 e. The van der Waals surface area contributed by atoms with E-state index in [1.165, 1.54) is 28.2 Å². The lowest BCUT2D eigenvalue weighted by Crippen LogP contribution is -2.33. The molecule has 1 aliphatic rings. The van der Waals surface area contributed by atoms with Crippen LogP contribution in [0.15, 0.2) is 40.5 Å². The Morgan fingerprint density at radius 2 is 2.07 bits per heavy atom. The van der Waals surface area contributed by atoms with E-state index in [1.54, 1.807) is 30.5 Å². The molecule has 1 aromatic carbocycles. The SMILES string of the molecule is CC(C(=O)Nc1nc(-c2ccc(F)cc2)cs1)n1nc2c(cc1=O)CCC2. The Morgan fingerprint density at radius 3 is 2.85 bits per heavy atom. The second kappa shape index (κ2) is 7.03. The van der Waals surface area contributed by atoms with E-state index in [0.29, 0.717) is 10.8 Å². The maximum Gasteiger partial charge on any atom is 0.267 e. The lowest BCUT2D eigenvalue weighted by Gasteiger charge is -2.14. The van der Waals surface area contributed by atoms with Crippen molar-refractivity contribution >= 4 is 22.4 Å². The zero-order valence-electron chi connectivity index (χ0n) is 14.6. The van der Waals surface area contributed by atoms with Crippen molar-refractivity contribution in [3.8, 4) is 11.3 Å². The van der Waals surface area contributed by atoms with Gasteiger partial charge in [-0.2, -0.15) is 5.10 Å². The van der Waals surface area contributed by atoms with Gasteiger partial charge in [0.1, 0.15) is 11.9 Å². The number of rotatable bonds is 4. The molecule has 1 atom stereocenters. The van der Waals surface area contributed by atoms with Crippen LogP contribution in [0.1, 0.15) is 30.6 Å². The van der Waals surface area contributed by atoms with E-state index in [4.69, 9.17) is 0 Å². The molecule has 0 radical (unpaired) electrons. The Bertz CT molecular complexity index is 1060. The van der Waals surface area contributed by atoms with Crippen LogP contribution in [-0.2, 0) is 17.6 Å². The van der Waals surface area contributed by atoms with E-state index >= 15 is 0 Å². The number of aryl methyl sites for hydroxylation is 2. The van der Waals surface area contributed by atoms with E-state index in [-0.39, 0.29) is 17.3 Å². The number of anilines is 1. The fourth-order valence-electron chi connectivity index (χ4n) is 3.10. The van der Waals surface area contributed by atoms with E-state index in [1.807, 2.05) is 0 Å². The molecule has 6 nitrogen and oxygen atoms in total. The molecule has 0 fully saturated rings. The Morgan fingerprint density at radius 1 is 1.30 bits per heavy atom. The number of carbonyl (C=O) groups is 1. The Labute approximate surface area is 158 Å². The molecule has 1 amide bonds. The van der Waals surface area contributed by atoms with Gasteiger partial charge in [-0.05, 0) is 56.0 Å². The summed E-state index contributed by atoms with van der Waals surface area (Å²) in [6.45, 7) is 1.64. The van der Waals surface area contributed by atoms with E-state index in [0.717, 1.165) is 36.1 Å². The number of nitrogens with one attached hydrogen (secondary N) is 1. The number of thiazole rings is 1. The molecule has 0 spiro atoms. The number of fused-ring (bicyclic) bond motifs is 1. The van der Waals surface area contributed by atoms with Gasteiger partial charge in [-0.1, -0.05) is 0 Å². The fraction of sp³-hybridized carbons (Fsp3) is 0.263. The summed E-state index contributed by atoms with van der Waals surface area (Å²) in [6, 6.07) is 6.82. The van der Waals surface area contributed by atoms with Gasteiger partial charge in [0.15, 0.2) is 5.13 Å². The fourth-order valence-corrected chi connectivity index (χ4v) is 3.82. The monoisotopic (exact) mass is 384 g/mol. The van der Waals surface area contributed by atoms with Crippen LogP contribution in [0.3, 0.4) is 0 Å². The minimum absolute atomic E-state index is 0.274. The standard InChI is InChI=1S/C19H17FN4O2S/c1-11(24-17(25)9-13-3-2-4-15(13)23-24)18(26)22-19-21-16(10-27-19)12-5-7-14(20)8-6-12/h5-11H,2-4H2,1H3,(H,21,22,26). The van der Waals surface area contributed by atoms with Crippen molar-refractivity contribution in [2.24, 2.45) is 0 Å². The van der Waals surface area contributed by atoms with Crippen molar-refractivity contribution < 1.29 is 9.18 Å². The largest absolute Gasteiger partial charge is 0.300 e. The normalized spacial score (nSPS) is 14.0. The van der Waals surface area contributed by atoms with Gasteiger partial charge in [-0.25, -0.2) is 14.1 Å². The van der Waals surface area contributed by atoms with Gasteiger partial charge < -0.3 is 5.32 Å². The van der Waals surface area contributed by atoms with Crippen molar-refractivity contribution in [2.75, 3.05) is 5.32 Å². The Hall–Kier alpha value is -2.87. The molecule has 0 aliphatic heterocycles. The van der Waals surface area contributed by atoms with E-state index in [2.05, 4.69) is 15.4 Å². The zero-order valence-corrected chi connectivity index (χ0v) is 15.4. The summed E-state index contributed by atoms with van der Waals surface area (Å²) in [5.41, 5.74) is 3.01. The molecule has 4 rings (SSSR count). The highest BCUT2D eigenvalue weighted by Gasteiger charge is 2.22. The smallest absolute Gasteiger partial charge is 0.267 e. The van der Waals surface area contributed by atoms with Crippen LogP contribution in [0.2, 0.25) is 0 Å². The summed E-state index contributed by atoms with van der Waals surface area (Å²) in [7, 11) is 0. The number of hydrogen-bond acceptors (Lipinski definition) is 5. The number of aromatic nitrogens is 3. The molecule has 1 N–H and O–H groups in total. The molecule has 1 aliphatic carbocycles. The van der Waals surface area contributed by atoms with E-state index in [9.17, 15) is 14.0 Å². The van der Waals surface area contributed by atoms with Gasteiger partial charge in [-0.3, -0.25) is 9.59 Å². The number of benzene rings is 1. The number of amides is 1. The molecule has 8 heteroatoms. The second-order valence-corrected chi connectivity index (χ2v) is 7.32. The lowest BCUT2D eigenvalue weighted by atomic mass is 10.2. The lowest BCUT2D eigenvalue weighted by molar-refractivity contribution is -0.119. The summed E-state index contributed by atoms with van der Waals surface area (Å²) in [4.78, 5) is 29.2. The average molecular weight is 384 g/mol. The Balaban J connectivity index is 1.51. The van der Waals surface area contributed by atoms with Gasteiger partial charge in [0.05, 0.1) is 11.4 Å². The van der Waals surface area contributed by atoms with Crippen molar-refractivity contribution in [2.45, 2.75) is 32.2 Å². The molecule has 2 heterocycles. The molecular weight excluding hydrogens is 367 g/mol. The summed E-state index contributed by atoms with van der Waals surface area (Å²) >= 11 is 1.27. The third kappa shape index (κ3) is 3.52. The van der Waals surface area contributed by atoms with Crippen molar-refractivity contribution in [1.29, 1.82) is 0 Å². The third-order valence-corrected chi connectivity index (χ3v) is 5.36. The van der Waals surface area contributed by atoms with Crippen molar-refractivity contribution in [3.05, 3.63) is 63.1 Å². The van der Waals surface area contributed by atoms with Gasteiger partial charge in [0.25, 0.3) is 11.5 Å². The topological polar surface area (TPSA) is 76.9 Å². The van der Waals surface area contributed by atoms with Crippen LogP contribution in [0, 0.1) is 5.82 Å². The van der Waals surface area contributed by atoms with Crippen LogP contribution in [0.5, 0.6) is 0 Å². The number of nitrogens with zero attached hydrogens (tertiary/aromatic N) is 3. The minimum atomic E-state index is -0.749. The predicted octanol–water partition coefficient (Wildman–Crippen LogP) is 3.19. The highest BCUT2D eigenvalue weighted by atomic mass is 32.1. The Kier molecular flexibility index (Phi) is 4.57. The molecule has 0 bridgehead atoms. The highest BCUT2D eigenvalue weighted by molar-refractivity contribution is 7.14. The summed E-state index contributed by atoms with van der Waals surface area (Å²) in [5.74, 6) is -0.675. The molecule has 1 unspecified atom stereocenters. The molecule has 0 saturated carbocycles. The first-order valence-corrected chi connectivity index (χ1v) is 9.53. The summed E-state index contributed by atoms with van der Waals surface area (Å²) in [6.07, 6.45) is 2.68. The second-order valence-electron chi connectivity index (χ2n) is 6.46. The quantitative estimate of drug-likeness (QED) is 0.749. The maximum atomic E-state index is 13.0. The zero-order chi connectivity index (χ0) is 19.0.